The van der Waals surface area contributed by atoms with Gasteiger partial charge in [-0.25, -0.2) is 4.79 Å². The van der Waals surface area contributed by atoms with Gasteiger partial charge in [-0.15, -0.1) is 0 Å². The van der Waals surface area contributed by atoms with Gasteiger partial charge in [0.05, 0.1) is 5.71 Å². The zero-order valence-electron chi connectivity index (χ0n) is 11.6. The van der Waals surface area contributed by atoms with E-state index in [9.17, 15) is 9.59 Å². The Hall–Kier alpha value is -2.44. The standard InChI is InChI=1S/C14H15N3O4/c1-2-8-7-10(18)20-13-11(8)12(19)15-14(16-13)21-17-9-5-3-4-6-9/h7H,2-6H2,1H3,(H,15,16,19). The van der Waals surface area contributed by atoms with E-state index in [1.54, 1.807) is 0 Å². The molecule has 0 saturated heterocycles. The lowest BCUT2D eigenvalue weighted by molar-refractivity contribution is 0.309. The van der Waals surface area contributed by atoms with Crippen LogP contribution in [-0.2, 0) is 6.42 Å². The van der Waals surface area contributed by atoms with Crippen LogP contribution in [0, 0.1) is 0 Å². The highest BCUT2D eigenvalue weighted by molar-refractivity contribution is 5.85. The minimum absolute atomic E-state index is 0.0234. The van der Waals surface area contributed by atoms with Crippen molar-refractivity contribution in [2.45, 2.75) is 39.0 Å². The molecule has 2 aromatic heterocycles. The summed E-state index contributed by atoms with van der Waals surface area (Å²) in [7, 11) is 0. The van der Waals surface area contributed by atoms with E-state index in [1.165, 1.54) is 6.07 Å². The second-order valence-corrected chi connectivity index (χ2v) is 4.95. The van der Waals surface area contributed by atoms with E-state index in [0.29, 0.717) is 12.0 Å². The Balaban J connectivity index is 2.04. The highest BCUT2D eigenvalue weighted by Gasteiger charge is 2.13. The number of nitrogens with one attached hydrogen (secondary N) is 1. The molecule has 1 saturated carbocycles. The van der Waals surface area contributed by atoms with E-state index in [-0.39, 0.29) is 17.1 Å². The van der Waals surface area contributed by atoms with Crippen LogP contribution in [0.1, 0.15) is 38.2 Å². The van der Waals surface area contributed by atoms with Crippen molar-refractivity contribution < 1.29 is 9.25 Å². The Morgan fingerprint density at radius 1 is 1.38 bits per heavy atom. The van der Waals surface area contributed by atoms with Gasteiger partial charge >= 0.3 is 11.6 Å². The van der Waals surface area contributed by atoms with Crippen LogP contribution in [0.25, 0.3) is 11.1 Å². The molecule has 0 spiro atoms. The SMILES string of the molecule is CCc1cc(=O)oc2nc(ON=C3CCCC3)[nH]c(=O)c12. The molecule has 110 valence electrons. The maximum absolute atomic E-state index is 12.1. The lowest BCUT2D eigenvalue weighted by Gasteiger charge is -2.03. The number of aromatic amines is 1. The number of hydrogen-bond acceptors (Lipinski definition) is 6. The Kier molecular flexibility index (Phi) is 3.55. The summed E-state index contributed by atoms with van der Waals surface area (Å²) in [5.74, 6) is 0. The smallest absolute Gasteiger partial charge is 0.337 e. The summed E-state index contributed by atoms with van der Waals surface area (Å²) >= 11 is 0. The molecule has 2 heterocycles. The molecule has 0 aliphatic heterocycles. The number of aromatic nitrogens is 2. The van der Waals surface area contributed by atoms with Crippen molar-refractivity contribution in [3.05, 3.63) is 32.4 Å². The van der Waals surface area contributed by atoms with E-state index < -0.39 is 11.2 Å². The lowest BCUT2D eigenvalue weighted by Crippen LogP contribution is -2.14. The molecule has 1 N–H and O–H groups in total. The Morgan fingerprint density at radius 3 is 2.86 bits per heavy atom. The summed E-state index contributed by atoms with van der Waals surface area (Å²) in [4.78, 5) is 35.2. The van der Waals surface area contributed by atoms with Gasteiger partial charge in [-0.2, -0.15) is 4.98 Å². The fraction of sp³-hybridized carbons (Fsp3) is 0.429. The fourth-order valence-electron chi connectivity index (χ4n) is 2.43. The molecular formula is C14H15N3O4. The zero-order valence-corrected chi connectivity index (χ0v) is 11.6. The first-order valence-corrected chi connectivity index (χ1v) is 6.97. The molecule has 0 atom stereocenters. The van der Waals surface area contributed by atoms with Gasteiger partial charge in [0.25, 0.3) is 5.56 Å². The van der Waals surface area contributed by atoms with E-state index >= 15 is 0 Å². The molecule has 7 heteroatoms. The first-order chi connectivity index (χ1) is 10.2. The van der Waals surface area contributed by atoms with E-state index in [1.807, 2.05) is 6.92 Å². The van der Waals surface area contributed by atoms with Crippen LogP contribution >= 0.6 is 0 Å². The molecule has 21 heavy (non-hydrogen) atoms. The van der Waals surface area contributed by atoms with Crippen LogP contribution in [0.4, 0.5) is 0 Å². The van der Waals surface area contributed by atoms with Gasteiger partial charge in [0.1, 0.15) is 5.39 Å². The van der Waals surface area contributed by atoms with Gasteiger partial charge in [0, 0.05) is 6.07 Å². The summed E-state index contributed by atoms with van der Waals surface area (Å²) < 4.78 is 4.98. The van der Waals surface area contributed by atoms with Crippen LogP contribution in [0.2, 0.25) is 0 Å². The summed E-state index contributed by atoms with van der Waals surface area (Å²) in [5.41, 5.74) is 0.586. The largest absolute Gasteiger partial charge is 0.403 e. The Bertz CT molecular complexity index is 811. The molecule has 2 aromatic rings. The highest BCUT2D eigenvalue weighted by Crippen LogP contribution is 2.16. The number of rotatable bonds is 3. The summed E-state index contributed by atoms with van der Waals surface area (Å²) in [6.07, 6.45) is 4.52. The third-order valence-corrected chi connectivity index (χ3v) is 3.50. The van der Waals surface area contributed by atoms with Crippen molar-refractivity contribution in [2.75, 3.05) is 0 Å². The van der Waals surface area contributed by atoms with E-state index in [4.69, 9.17) is 9.25 Å². The maximum atomic E-state index is 12.1. The average molecular weight is 289 g/mol. The van der Waals surface area contributed by atoms with Gasteiger partial charge < -0.3 is 9.25 Å². The minimum Gasteiger partial charge on any atom is -0.403 e. The molecule has 1 aliphatic rings. The number of H-pyrrole nitrogens is 1. The van der Waals surface area contributed by atoms with Crippen molar-refractivity contribution in [2.24, 2.45) is 5.16 Å². The molecule has 0 bridgehead atoms. The average Bonchev–Trinajstić information content (AvgIpc) is 2.97. The lowest BCUT2D eigenvalue weighted by atomic mass is 10.1. The summed E-state index contributed by atoms with van der Waals surface area (Å²) in [6, 6.07) is 1.24. The minimum atomic E-state index is -0.537. The predicted octanol–water partition coefficient (Wildman–Crippen LogP) is 1.75. The first kappa shape index (κ1) is 13.5. The summed E-state index contributed by atoms with van der Waals surface area (Å²) in [5, 5.41) is 4.25. The molecule has 3 rings (SSSR count). The monoisotopic (exact) mass is 289 g/mol. The van der Waals surface area contributed by atoms with Crippen LogP contribution < -0.4 is 16.0 Å². The van der Waals surface area contributed by atoms with Crippen molar-refractivity contribution in [3.8, 4) is 6.01 Å². The number of hydrogen-bond donors (Lipinski definition) is 1. The Morgan fingerprint density at radius 2 is 2.14 bits per heavy atom. The molecule has 7 nitrogen and oxygen atoms in total. The number of aryl methyl sites for hydroxylation is 1. The third kappa shape index (κ3) is 2.72. The second-order valence-electron chi connectivity index (χ2n) is 4.95. The fourth-order valence-corrected chi connectivity index (χ4v) is 2.43. The second kappa shape index (κ2) is 5.51. The topological polar surface area (TPSA) is 97.5 Å². The number of nitrogens with zero attached hydrogens (tertiary/aromatic N) is 2. The molecular weight excluding hydrogens is 274 g/mol. The maximum Gasteiger partial charge on any atom is 0.337 e. The van der Waals surface area contributed by atoms with Crippen LogP contribution in [0.15, 0.2) is 25.2 Å². The van der Waals surface area contributed by atoms with E-state index in [2.05, 4.69) is 15.1 Å². The van der Waals surface area contributed by atoms with Gasteiger partial charge in [-0.1, -0.05) is 12.1 Å². The quantitative estimate of drug-likeness (QED) is 0.868. The summed E-state index contributed by atoms with van der Waals surface area (Å²) in [6.45, 7) is 1.85. The molecule has 1 fully saturated rings. The molecule has 0 unspecified atom stereocenters. The van der Waals surface area contributed by atoms with Crippen LogP contribution in [0.3, 0.4) is 0 Å². The number of fused-ring (bicyclic) bond motifs is 1. The van der Waals surface area contributed by atoms with Crippen molar-refractivity contribution in [1.82, 2.24) is 9.97 Å². The van der Waals surface area contributed by atoms with Crippen molar-refractivity contribution in [1.29, 1.82) is 0 Å². The Labute approximate surface area is 119 Å². The van der Waals surface area contributed by atoms with Crippen LogP contribution in [0.5, 0.6) is 6.01 Å². The van der Waals surface area contributed by atoms with Gasteiger partial charge in [-0.05, 0) is 37.7 Å². The van der Waals surface area contributed by atoms with Gasteiger partial charge in [0.15, 0.2) is 0 Å². The third-order valence-electron chi connectivity index (χ3n) is 3.50. The first-order valence-electron chi connectivity index (χ1n) is 6.97. The molecule has 0 aromatic carbocycles. The van der Waals surface area contributed by atoms with Crippen LogP contribution in [-0.4, -0.2) is 15.7 Å². The normalized spacial score (nSPS) is 14.6. The number of oxime groups is 1. The predicted molar refractivity (Wildman–Crippen MR) is 76.8 cm³/mol. The highest BCUT2D eigenvalue weighted by atomic mass is 16.6. The van der Waals surface area contributed by atoms with E-state index in [0.717, 1.165) is 31.4 Å². The molecule has 1 aliphatic carbocycles. The van der Waals surface area contributed by atoms with Crippen molar-refractivity contribution in [3.63, 3.8) is 0 Å². The van der Waals surface area contributed by atoms with Gasteiger partial charge in [0.2, 0.25) is 5.71 Å². The zero-order chi connectivity index (χ0) is 14.8. The molecule has 0 radical (unpaired) electrons. The molecule has 0 amide bonds. The van der Waals surface area contributed by atoms with Gasteiger partial charge in [-0.3, -0.25) is 9.78 Å². The van der Waals surface area contributed by atoms with Crippen molar-refractivity contribution >= 4 is 16.8 Å².